The second-order valence-corrected chi connectivity index (χ2v) is 6.55. The molecule has 1 amide bonds. The number of hydrogen-bond acceptors (Lipinski definition) is 4. The van der Waals surface area contributed by atoms with Crippen molar-refractivity contribution in [1.29, 1.82) is 0 Å². The number of hydrogen-bond donors (Lipinski definition) is 1. The first-order valence-corrected chi connectivity index (χ1v) is 8.83. The Hall–Kier alpha value is -2.92. The Morgan fingerprint density at radius 2 is 1.96 bits per heavy atom. The predicted octanol–water partition coefficient (Wildman–Crippen LogP) is 4.47. The smallest absolute Gasteiger partial charge is 0.277 e. The molecule has 1 aliphatic heterocycles. The van der Waals surface area contributed by atoms with E-state index >= 15 is 0 Å². The van der Waals surface area contributed by atoms with Crippen molar-refractivity contribution < 1.29 is 4.79 Å². The fourth-order valence-corrected chi connectivity index (χ4v) is 3.33. The molecule has 0 fully saturated rings. The van der Waals surface area contributed by atoms with Gasteiger partial charge in [-0.3, -0.25) is 4.79 Å². The largest absolute Gasteiger partial charge is 0.340 e. The summed E-state index contributed by atoms with van der Waals surface area (Å²) >= 11 is 6.01. The monoisotopic (exact) mass is 364 g/mol. The molecule has 6 heteroatoms. The van der Waals surface area contributed by atoms with Crippen LogP contribution in [-0.4, -0.2) is 22.4 Å². The average Bonchev–Trinajstić information content (AvgIpc) is 2.67. The van der Waals surface area contributed by atoms with Crippen LogP contribution in [-0.2, 0) is 6.42 Å². The molecule has 0 aliphatic carbocycles. The predicted molar refractivity (Wildman–Crippen MR) is 103 cm³/mol. The summed E-state index contributed by atoms with van der Waals surface area (Å²) in [6.45, 7) is 0.691. The molecule has 1 N–H and O–H groups in total. The lowest BCUT2D eigenvalue weighted by atomic mass is 10.0. The maximum atomic E-state index is 13.0. The molecule has 4 rings (SSSR count). The number of nitrogens with zero attached hydrogens (tertiary/aromatic N) is 3. The van der Waals surface area contributed by atoms with Crippen LogP contribution in [0.15, 0.2) is 60.9 Å². The molecule has 0 saturated carbocycles. The van der Waals surface area contributed by atoms with Gasteiger partial charge in [0.1, 0.15) is 17.8 Å². The zero-order valence-corrected chi connectivity index (χ0v) is 14.8. The molecule has 2 aromatic carbocycles. The summed E-state index contributed by atoms with van der Waals surface area (Å²) in [5, 5.41) is 3.79. The third-order valence-corrected chi connectivity index (χ3v) is 4.57. The summed E-state index contributed by atoms with van der Waals surface area (Å²) in [6, 6.07) is 17.0. The highest BCUT2D eigenvalue weighted by Crippen LogP contribution is 2.28. The zero-order chi connectivity index (χ0) is 17.9. The fourth-order valence-electron chi connectivity index (χ4n) is 3.14. The first-order valence-electron chi connectivity index (χ1n) is 8.45. The molecule has 0 saturated heterocycles. The minimum Gasteiger partial charge on any atom is -0.340 e. The van der Waals surface area contributed by atoms with E-state index in [2.05, 4.69) is 21.4 Å². The summed E-state index contributed by atoms with van der Waals surface area (Å²) in [5.74, 6) is 0.435. The van der Waals surface area contributed by atoms with Gasteiger partial charge in [0.2, 0.25) is 0 Å². The Balaban J connectivity index is 1.60. The number of halogens is 1. The van der Waals surface area contributed by atoms with Crippen molar-refractivity contribution >= 4 is 34.7 Å². The van der Waals surface area contributed by atoms with E-state index in [1.54, 1.807) is 23.1 Å². The molecule has 1 aliphatic rings. The molecule has 26 heavy (non-hydrogen) atoms. The maximum Gasteiger partial charge on any atom is 0.277 e. The van der Waals surface area contributed by atoms with Crippen LogP contribution < -0.4 is 10.2 Å². The van der Waals surface area contributed by atoms with Crippen LogP contribution in [0.5, 0.6) is 0 Å². The quantitative estimate of drug-likeness (QED) is 0.745. The Morgan fingerprint density at radius 3 is 2.85 bits per heavy atom. The summed E-state index contributed by atoms with van der Waals surface area (Å²) in [4.78, 5) is 23.2. The van der Waals surface area contributed by atoms with Crippen LogP contribution in [0.25, 0.3) is 0 Å². The molecule has 0 bridgehead atoms. The van der Waals surface area contributed by atoms with Gasteiger partial charge in [-0.25, -0.2) is 9.97 Å². The Kier molecular flexibility index (Phi) is 4.54. The van der Waals surface area contributed by atoms with E-state index in [-0.39, 0.29) is 5.91 Å². The second-order valence-electron chi connectivity index (χ2n) is 6.11. The number of rotatable bonds is 3. The number of para-hydroxylation sites is 1. The van der Waals surface area contributed by atoms with Gasteiger partial charge < -0.3 is 10.2 Å². The molecule has 3 aromatic rings. The lowest BCUT2D eigenvalue weighted by Gasteiger charge is -2.29. The normalized spacial score (nSPS) is 13.2. The van der Waals surface area contributed by atoms with Gasteiger partial charge >= 0.3 is 0 Å². The number of benzene rings is 2. The minimum absolute atomic E-state index is 0.117. The van der Waals surface area contributed by atoms with Crippen LogP contribution in [0.2, 0.25) is 5.02 Å². The van der Waals surface area contributed by atoms with Gasteiger partial charge in [-0.2, -0.15) is 0 Å². The third kappa shape index (κ3) is 3.39. The van der Waals surface area contributed by atoms with E-state index in [0.717, 1.165) is 24.2 Å². The van der Waals surface area contributed by atoms with Crippen LogP contribution in [0, 0.1) is 0 Å². The average molecular weight is 365 g/mol. The fraction of sp³-hybridized carbons (Fsp3) is 0.150. The van der Waals surface area contributed by atoms with Crippen molar-refractivity contribution in [1.82, 2.24) is 9.97 Å². The molecule has 0 spiro atoms. The molecule has 2 heterocycles. The molecule has 130 valence electrons. The summed E-state index contributed by atoms with van der Waals surface area (Å²) < 4.78 is 0. The van der Waals surface area contributed by atoms with E-state index in [1.807, 2.05) is 30.3 Å². The van der Waals surface area contributed by atoms with E-state index in [4.69, 9.17) is 11.6 Å². The van der Waals surface area contributed by atoms with Gasteiger partial charge in [0, 0.05) is 29.0 Å². The van der Waals surface area contributed by atoms with Crippen molar-refractivity contribution in [3.05, 3.63) is 77.2 Å². The SMILES string of the molecule is O=C(c1cc(Nc2cccc(Cl)c2)ncn1)N1CCCc2ccccc21. The zero-order valence-electron chi connectivity index (χ0n) is 14.0. The molecule has 0 unspecified atom stereocenters. The number of carbonyl (C=O) groups excluding carboxylic acids is 1. The van der Waals surface area contributed by atoms with E-state index in [0.29, 0.717) is 23.1 Å². The number of fused-ring (bicyclic) bond motifs is 1. The second kappa shape index (κ2) is 7.14. The number of aryl methyl sites for hydroxylation is 1. The van der Waals surface area contributed by atoms with E-state index in [9.17, 15) is 4.79 Å². The van der Waals surface area contributed by atoms with Crippen LogP contribution in [0.4, 0.5) is 17.2 Å². The third-order valence-electron chi connectivity index (χ3n) is 4.34. The van der Waals surface area contributed by atoms with E-state index in [1.165, 1.54) is 11.9 Å². The van der Waals surface area contributed by atoms with Crippen molar-refractivity contribution in [2.24, 2.45) is 0 Å². The van der Waals surface area contributed by atoms with E-state index < -0.39 is 0 Å². The Bertz CT molecular complexity index is 960. The highest BCUT2D eigenvalue weighted by molar-refractivity contribution is 6.30. The van der Waals surface area contributed by atoms with Crippen molar-refractivity contribution in [2.75, 3.05) is 16.8 Å². The maximum absolute atomic E-state index is 13.0. The number of anilines is 3. The number of amides is 1. The Morgan fingerprint density at radius 1 is 1.08 bits per heavy atom. The van der Waals surface area contributed by atoms with Gasteiger partial charge in [0.25, 0.3) is 5.91 Å². The summed E-state index contributed by atoms with van der Waals surface area (Å²) in [7, 11) is 0. The Labute approximate surface area is 156 Å². The highest BCUT2D eigenvalue weighted by atomic mass is 35.5. The lowest BCUT2D eigenvalue weighted by molar-refractivity contribution is 0.0980. The van der Waals surface area contributed by atoms with Crippen LogP contribution in [0.1, 0.15) is 22.5 Å². The van der Waals surface area contributed by atoms with Gasteiger partial charge in [0.05, 0.1) is 0 Å². The first kappa shape index (κ1) is 16.5. The van der Waals surface area contributed by atoms with Gasteiger partial charge in [-0.15, -0.1) is 0 Å². The first-order chi connectivity index (χ1) is 12.7. The van der Waals surface area contributed by atoms with Crippen LogP contribution >= 0.6 is 11.6 Å². The molecule has 0 atom stereocenters. The van der Waals surface area contributed by atoms with Crippen LogP contribution in [0.3, 0.4) is 0 Å². The highest BCUT2D eigenvalue weighted by Gasteiger charge is 2.24. The summed E-state index contributed by atoms with van der Waals surface area (Å²) in [6.07, 6.45) is 3.34. The van der Waals surface area contributed by atoms with Crippen molar-refractivity contribution in [3.8, 4) is 0 Å². The number of carbonyl (C=O) groups is 1. The molecular weight excluding hydrogens is 348 g/mol. The minimum atomic E-state index is -0.117. The standard InChI is InChI=1S/C20H17ClN4O/c21-15-7-3-8-16(11-15)24-19-12-17(22-13-23-19)20(26)25-10-4-6-14-5-1-2-9-18(14)25/h1-3,5,7-9,11-13H,4,6,10H2,(H,22,23,24). The molecular formula is C20H17ClN4O. The van der Waals surface area contributed by atoms with Crippen molar-refractivity contribution in [3.63, 3.8) is 0 Å². The summed E-state index contributed by atoms with van der Waals surface area (Å²) in [5.41, 5.74) is 3.32. The number of nitrogens with one attached hydrogen (secondary N) is 1. The van der Waals surface area contributed by atoms with Crippen molar-refractivity contribution in [2.45, 2.75) is 12.8 Å². The molecule has 1 aromatic heterocycles. The topological polar surface area (TPSA) is 58.1 Å². The van der Waals surface area contributed by atoms with Gasteiger partial charge in [-0.1, -0.05) is 35.9 Å². The molecule has 5 nitrogen and oxygen atoms in total. The lowest BCUT2D eigenvalue weighted by Crippen LogP contribution is -2.36. The van der Waals surface area contributed by atoms with Gasteiger partial charge in [0.15, 0.2) is 0 Å². The van der Waals surface area contributed by atoms with Gasteiger partial charge in [-0.05, 0) is 42.7 Å². The molecule has 0 radical (unpaired) electrons. The number of aromatic nitrogens is 2.